The first kappa shape index (κ1) is 15.0. The largest absolute Gasteiger partial charge is 0.324 e. The molecule has 1 fully saturated rings. The molecule has 0 radical (unpaired) electrons. The van der Waals surface area contributed by atoms with Gasteiger partial charge in [-0.05, 0) is 36.8 Å². The summed E-state index contributed by atoms with van der Waals surface area (Å²) >= 11 is 0. The minimum absolute atomic E-state index is 0.0631. The summed E-state index contributed by atoms with van der Waals surface area (Å²) in [6.45, 7) is 6.77. The molecule has 2 rings (SSSR count). The van der Waals surface area contributed by atoms with Gasteiger partial charge in [0.05, 0.1) is 6.54 Å². The monoisotopic (exact) mass is 274 g/mol. The number of hydrogen-bond donors (Lipinski definition) is 2. The Kier molecular flexibility index (Phi) is 5.18. The predicted octanol–water partition coefficient (Wildman–Crippen LogP) is 3.59. The first-order valence-electron chi connectivity index (χ1n) is 7.70. The second kappa shape index (κ2) is 6.89. The lowest BCUT2D eigenvalue weighted by Crippen LogP contribution is -2.34. The lowest BCUT2D eigenvalue weighted by atomic mass is 9.98. The molecule has 1 saturated carbocycles. The number of para-hydroxylation sites is 1. The SMILES string of the molecule is Cc1cccc(C(C)C)c1NC(=O)CNC1CCCC1. The maximum Gasteiger partial charge on any atom is 0.238 e. The van der Waals surface area contributed by atoms with Crippen LogP contribution in [0.5, 0.6) is 0 Å². The normalized spacial score (nSPS) is 15.8. The second-order valence-corrected chi connectivity index (χ2v) is 6.10. The van der Waals surface area contributed by atoms with Crippen LogP contribution in [0.25, 0.3) is 0 Å². The summed E-state index contributed by atoms with van der Waals surface area (Å²) in [4.78, 5) is 12.1. The standard InChI is InChI=1S/C17H26N2O/c1-12(2)15-10-6-7-13(3)17(15)19-16(20)11-18-14-8-4-5-9-14/h6-7,10,12,14,18H,4-5,8-9,11H2,1-3H3,(H,19,20). The lowest BCUT2D eigenvalue weighted by Gasteiger charge is -2.17. The molecule has 1 amide bonds. The number of anilines is 1. The number of aryl methyl sites for hydroxylation is 1. The third kappa shape index (κ3) is 3.83. The molecule has 0 spiro atoms. The van der Waals surface area contributed by atoms with Gasteiger partial charge >= 0.3 is 0 Å². The van der Waals surface area contributed by atoms with Gasteiger partial charge in [-0.1, -0.05) is 44.9 Å². The fourth-order valence-corrected chi connectivity index (χ4v) is 2.89. The third-order valence-corrected chi connectivity index (χ3v) is 4.10. The van der Waals surface area contributed by atoms with E-state index in [4.69, 9.17) is 0 Å². The van der Waals surface area contributed by atoms with Crippen molar-refractivity contribution in [1.29, 1.82) is 0 Å². The van der Waals surface area contributed by atoms with Crippen molar-refractivity contribution in [2.45, 2.75) is 58.4 Å². The molecule has 1 aliphatic rings. The minimum atomic E-state index is 0.0631. The number of nitrogens with one attached hydrogen (secondary N) is 2. The number of hydrogen-bond acceptors (Lipinski definition) is 2. The van der Waals surface area contributed by atoms with Crippen molar-refractivity contribution < 1.29 is 4.79 Å². The zero-order valence-electron chi connectivity index (χ0n) is 12.8. The molecule has 1 aromatic carbocycles. The third-order valence-electron chi connectivity index (χ3n) is 4.10. The zero-order valence-corrected chi connectivity index (χ0v) is 12.8. The molecule has 0 atom stereocenters. The number of rotatable bonds is 5. The van der Waals surface area contributed by atoms with Crippen LogP contribution in [0.1, 0.15) is 56.6 Å². The maximum atomic E-state index is 12.1. The Labute approximate surface area is 122 Å². The topological polar surface area (TPSA) is 41.1 Å². The minimum Gasteiger partial charge on any atom is -0.324 e. The van der Waals surface area contributed by atoms with E-state index >= 15 is 0 Å². The van der Waals surface area contributed by atoms with E-state index in [-0.39, 0.29) is 5.91 Å². The van der Waals surface area contributed by atoms with E-state index in [1.165, 1.54) is 31.2 Å². The van der Waals surface area contributed by atoms with Gasteiger partial charge in [0.15, 0.2) is 0 Å². The number of benzene rings is 1. The Balaban J connectivity index is 1.96. The van der Waals surface area contributed by atoms with E-state index in [0.717, 1.165) is 11.3 Å². The lowest BCUT2D eigenvalue weighted by molar-refractivity contribution is -0.115. The molecule has 3 nitrogen and oxygen atoms in total. The van der Waals surface area contributed by atoms with E-state index in [9.17, 15) is 4.79 Å². The molecular weight excluding hydrogens is 248 g/mol. The predicted molar refractivity (Wildman–Crippen MR) is 84.2 cm³/mol. The van der Waals surface area contributed by atoms with Crippen LogP contribution >= 0.6 is 0 Å². The summed E-state index contributed by atoms with van der Waals surface area (Å²) in [6, 6.07) is 6.72. The van der Waals surface area contributed by atoms with Crippen LogP contribution < -0.4 is 10.6 Å². The summed E-state index contributed by atoms with van der Waals surface area (Å²) in [6.07, 6.45) is 4.98. The van der Waals surface area contributed by atoms with Gasteiger partial charge in [0, 0.05) is 11.7 Å². The maximum absolute atomic E-state index is 12.1. The van der Waals surface area contributed by atoms with Crippen LogP contribution in [-0.4, -0.2) is 18.5 Å². The molecule has 3 heteroatoms. The van der Waals surface area contributed by atoms with Gasteiger partial charge in [0.1, 0.15) is 0 Å². The van der Waals surface area contributed by atoms with Crippen molar-refractivity contribution in [1.82, 2.24) is 5.32 Å². The molecular formula is C17H26N2O. The Morgan fingerprint density at radius 1 is 1.30 bits per heavy atom. The summed E-state index contributed by atoms with van der Waals surface area (Å²) in [7, 11) is 0. The van der Waals surface area contributed by atoms with Crippen molar-refractivity contribution in [2.24, 2.45) is 0 Å². The van der Waals surface area contributed by atoms with Crippen LogP contribution in [0.4, 0.5) is 5.69 Å². The van der Waals surface area contributed by atoms with Gasteiger partial charge in [-0.25, -0.2) is 0 Å². The highest BCUT2D eigenvalue weighted by Gasteiger charge is 2.16. The molecule has 1 aromatic rings. The van der Waals surface area contributed by atoms with Crippen molar-refractivity contribution >= 4 is 11.6 Å². The molecule has 0 heterocycles. The van der Waals surface area contributed by atoms with E-state index in [1.54, 1.807) is 0 Å². The summed E-state index contributed by atoms with van der Waals surface area (Å²) in [5.74, 6) is 0.473. The molecule has 0 aromatic heterocycles. The molecule has 0 bridgehead atoms. The van der Waals surface area contributed by atoms with Gasteiger partial charge in [-0.3, -0.25) is 4.79 Å². The van der Waals surface area contributed by atoms with Crippen LogP contribution in [0.2, 0.25) is 0 Å². The summed E-state index contributed by atoms with van der Waals surface area (Å²) < 4.78 is 0. The van der Waals surface area contributed by atoms with Gasteiger partial charge < -0.3 is 10.6 Å². The van der Waals surface area contributed by atoms with Crippen molar-refractivity contribution in [3.63, 3.8) is 0 Å². The zero-order chi connectivity index (χ0) is 14.5. The number of carbonyl (C=O) groups excluding carboxylic acids is 1. The van der Waals surface area contributed by atoms with Crippen molar-refractivity contribution in [2.75, 3.05) is 11.9 Å². The average molecular weight is 274 g/mol. The Hall–Kier alpha value is -1.35. The van der Waals surface area contributed by atoms with Crippen LogP contribution in [0, 0.1) is 6.92 Å². The first-order chi connectivity index (χ1) is 9.58. The molecule has 0 aliphatic heterocycles. The van der Waals surface area contributed by atoms with Gasteiger partial charge in [-0.2, -0.15) is 0 Å². The van der Waals surface area contributed by atoms with Gasteiger partial charge in [0.2, 0.25) is 5.91 Å². The van der Waals surface area contributed by atoms with E-state index in [2.05, 4.69) is 36.6 Å². The molecule has 0 unspecified atom stereocenters. The highest BCUT2D eigenvalue weighted by molar-refractivity contribution is 5.93. The Bertz CT molecular complexity index is 462. The molecule has 20 heavy (non-hydrogen) atoms. The number of carbonyl (C=O) groups is 1. The molecule has 110 valence electrons. The van der Waals surface area contributed by atoms with Gasteiger partial charge in [-0.15, -0.1) is 0 Å². The summed E-state index contributed by atoms with van der Waals surface area (Å²) in [5, 5.41) is 6.44. The fraction of sp³-hybridized carbons (Fsp3) is 0.588. The van der Waals surface area contributed by atoms with Crippen molar-refractivity contribution in [3.8, 4) is 0 Å². The first-order valence-corrected chi connectivity index (χ1v) is 7.70. The number of amides is 1. The Morgan fingerprint density at radius 2 is 2.00 bits per heavy atom. The summed E-state index contributed by atoms with van der Waals surface area (Å²) in [5.41, 5.74) is 3.32. The second-order valence-electron chi connectivity index (χ2n) is 6.10. The Morgan fingerprint density at radius 3 is 2.65 bits per heavy atom. The van der Waals surface area contributed by atoms with Crippen LogP contribution in [0.3, 0.4) is 0 Å². The highest BCUT2D eigenvalue weighted by atomic mass is 16.1. The smallest absolute Gasteiger partial charge is 0.238 e. The van der Waals surface area contributed by atoms with E-state index in [0.29, 0.717) is 18.5 Å². The molecule has 1 aliphatic carbocycles. The average Bonchev–Trinajstić information content (AvgIpc) is 2.91. The van der Waals surface area contributed by atoms with Crippen molar-refractivity contribution in [3.05, 3.63) is 29.3 Å². The fourth-order valence-electron chi connectivity index (χ4n) is 2.89. The van der Waals surface area contributed by atoms with Crippen LogP contribution in [0.15, 0.2) is 18.2 Å². The van der Waals surface area contributed by atoms with E-state index in [1.807, 2.05) is 13.0 Å². The molecule has 0 saturated heterocycles. The highest BCUT2D eigenvalue weighted by Crippen LogP contribution is 2.27. The molecule has 2 N–H and O–H groups in total. The van der Waals surface area contributed by atoms with Gasteiger partial charge in [0.25, 0.3) is 0 Å². The van der Waals surface area contributed by atoms with Crippen LogP contribution in [-0.2, 0) is 4.79 Å². The van der Waals surface area contributed by atoms with E-state index < -0.39 is 0 Å². The quantitative estimate of drug-likeness (QED) is 0.861.